The highest BCUT2D eigenvalue weighted by atomic mass is 32.2. The predicted molar refractivity (Wildman–Crippen MR) is 122 cm³/mol. The number of ketones is 1. The maximum absolute atomic E-state index is 13.2. The molecule has 3 rings (SSSR count). The Morgan fingerprint density at radius 3 is 2.30 bits per heavy atom. The number of pyridine rings is 1. The lowest BCUT2D eigenvalue weighted by atomic mass is 9.99. The average molecular weight is 470 g/mol. The number of carbonyl (C=O) groups is 2. The van der Waals surface area contributed by atoms with Crippen LogP contribution in [0.5, 0.6) is 0 Å². The first-order chi connectivity index (χ1) is 15.8. The van der Waals surface area contributed by atoms with Crippen LogP contribution in [0.2, 0.25) is 0 Å². The molecule has 0 spiro atoms. The number of carbonyl (C=O) groups excluding carboxylic acids is 2. The molecule has 9 heteroatoms. The zero-order chi connectivity index (χ0) is 23.8. The molecule has 0 unspecified atom stereocenters. The molecule has 1 amide bonds. The molecule has 3 aromatic rings. The van der Waals surface area contributed by atoms with E-state index in [1.807, 2.05) is 0 Å². The van der Waals surface area contributed by atoms with Gasteiger partial charge in [0.2, 0.25) is 10.0 Å². The second-order valence-electron chi connectivity index (χ2n) is 7.35. The van der Waals surface area contributed by atoms with E-state index in [4.69, 9.17) is 0 Å². The molecule has 0 aliphatic heterocycles. The first-order valence-electron chi connectivity index (χ1n) is 10.4. The van der Waals surface area contributed by atoms with E-state index in [0.717, 1.165) is 0 Å². The minimum absolute atomic E-state index is 0.0112. The molecule has 1 heterocycles. The molecular weight excluding hydrogens is 445 g/mol. The summed E-state index contributed by atoms with van der Waals surface area (Å²) in [4.78, 5) is 30.1. The summed E-state index contributed by atoms with van der Waals surface area (Å²) >= 11 is 0. The van der Waals surface area contributed by atoms with Gasteiger partial charge in [-0.15, -0.1) is 0 Å². The largest absolute Gasteiger partial charge is 0.342 e. The number of amides is 1. The van der Waals surface area contributed by atoms with Crippen LogP contribution in [0.4, 0.5) is 4.39 Å². The Hall–Kier alpha value is -3.43. The number of rotatable bonds is 10. The minimum Gasteiger partial charge on any atom is -0.342 e. The third-order valence-electron chi connectivity index (χ3n) is 4.89. The normalized spacial score (nSPS) is 12.2. The summed E-state index contributed by atoms with van der Waals surface area (Å²) in [5.41, 5.74) is 1.47. The maximum atomic E-state index is 13.2. The summed E-state index contributed by atoms with van der Waals surface area (Å²) < 4.78 is 39.8. The molecule has 1 aromatic heterocycles. The Labute approximate surface area is 192 Å². The van der Waals surface area contributed by atoms with Crippen molar-refractivity contribution in [1.82, 2.24) is 15.0 Å². The molecule has 7 nitrogen and oxygen atoms in total. The molecule has 2 N–H and O–H groups in total. The number of halogens is 1. The fourth-order valence-corrected chi connectivity index (χ4v) is 4.24. The van der Waals surface area contributed by atoms with Crippen LogP contribution in [0.15, 0.2) is 77.8 Å². The van der Waals surface area contributed by atoms with E-state index in [0.29, 0.717) is 11.3 Å². The van der Waals surface area contributed by atoms with Crippen molar-refractivity contribution in [2.75, 3.05) is 6.54 Å². The Balaban J connectivity index is 1.77. The highest BCUT2D eigenvalue weighted by Crippen LogP contribution is 2.13. The van der Waals surface area contributed by atoms with E-state index in [1.165, 1.54) is 36.4 Å². The van der Waals surface area contributed by atoms with E-state index in [9.17, 15) is 22.4 Å². The second-order valence-corrected chi connectivity index (χ2v) is 9.11. The van der Waals surface area contributed by atoms with Crippen LogP contribution < -0.4 is 10.0 Å². The molecule has 0 saturated heterocycles. The van der Waals surface area contributed by atoms with Crippen molar-refractivity contribution in [3.63, 3.8) is 0 Å². The number of aromatic nitrogens is 1. The Morgan fingerprint density at radius 2 is 1.70 bits per heavy atom. The Bertz CT molecular complexity index is 1200. The molecule has 1 atom stereocenters. The highest BCUT2D eigenvalue weighted by Gasteiger charge is 2.23. The van der Waals surface area contributed by atoms with Gasteiger partial charge in [0, 0.05) is 36.8 Å². The molecule has 2 aromatic carbocycles. The van der Waals surface area contributed by atoms with Gasteiger partial charge >= 0.3 is 0 Å². The predicted octanol–water partition coefficient (Wildman–Crippen LogP) is 2.67. The summed E-state index contributed by atoms with van der Waals surface area (Å²) in [6.07, 6.45) is 1.77. The topological polar surface area (TPSA) is 105 Å². The van der Waals surface area contributed by atoms with Crippen molar-refractivity contribution >= 4 is 21.7 Å². The average Bonchev–Trinajstić information content (AvgIpc) is 2.80. The van der Waals surface area contributed by atoms with Crippen LogP contribution >= 0.6 is 0 Å². The van der Waals surface area contributed by atoms with E-state index >= 15 is 0 Å². The van der Waals surface area contributed by atoms with Crippen LogP contribution in [0.3, 0.4) is 0 Å². The van der Waals surface area contributed by atoms with E-state index < -0.39 is 27.8 Å². The maximum Gasteiger partial charge on any atom is 0.251 e. The van der Waals surface area contributed by atoms with Gasteiger partial charge in [-0.3, -0.25) is 14.6 Å². The van der Waals surface area contributed by atoms with E-state index in [-0.39, 0.29) is 35.6 Å². The van der Waals surface area contributed by atoms with Gasteiger partial charge in [0.05, 0.1) is 10.9 Å². The van der Waals surface area contributed by atoms with Gasteiger partial charge in [-0.2, -0.15) is 0 Å². The second kappa shape index (κ2) is 10.9. The lowest BCUT2D eigenvalue weighted by Crippen LogP contribution is -2.43. The zero-order valence-corrected chi connectivity index (χ0v) is 18.8. The van der Waals surface area contributed by atoms with Crippen molar-refractivity contribution in [3.8, 4) is 0 Å². The smallest absolute Gasteiger partial charge is 0.251 e. The molecule has 0 radical (unpaired) electrons. The first kappa shape index (κ1) is 24.2. The van der Waals surface area contributed by atoms with Gasteiger partial charge in [0.25, 0.3) is 5.91 Å². The summed E-state index contributed by atoms with van der Waals surface area (Å²) in [5.74, 6) is -1.23. The molecule has 0 aliphatic rings. The minimum atomic E-state index is -3.59. The standard InChI is InChI=1S/C24H24FN3O4S/c1-2-27-33(31,32)21-12-6-17(7-13-21)15-23(29)22(16-20-5-3-4-14-26-20)28-24(30)18-8-10-19(25)11-9-18/h3-14,22,27H,2,15-16H2,1H3,(H,28,30)/t22-/m0/s1. The van der Waals surface area contributed by atoms with E-state index in [2.05, 4.69) is 15.0 Å². The van der Waals surface area contributed by atoms with Gasteiger partial charge in [-0.05, 0) is 54.1 Å². The number of hydrogen-bond acceptors (Lipinski definition) is 5. The van der Waals surface area contributed by atoms with Crippen molar-refractivity contribution < 1.29 is 22.4 Å². The number of benzene rings is 2. The number of nitrogens with one attached hydrogen (secondary N) is 2. The summed E-state index contributed by atoms with van der Waals surface area (Å²) in [5, 5.41) is 2.72. The molecule has 172 valence electrons. The van der Waals surface area contributed by atoms with Crippen molar-refractivity contribution in [1.29, 1.82) is 0 Å². The number of hydrogen-bond donors (Lipinski definition) is 2. The van der Waals surface area contributed by atoms with Gasteiger partial charge < -0.3 is 5.32 Å². The molecule has 0 fully saturated rings. The van der Waals surface area contributed by atoms with Crippen molar-refractivity contribution in [2.45, 2.75) is 30.7 Å². The molecule has 0 saturated carbocycles. The third-order valence-corrected chi connectivity index (χ3v) is 6.45. The first-order valence-corrected chi connectivity index (χ1v) is 11.8. The van der Waals surface area contributed by atoms with Crippen molar-refractivity contribution in [3.05, 3.63) is 95.6 Å². The third kappa shape index (κ3) is 6.77. The van der Waals surface area contributed by atoms with Crippen LogP contribution in [0, 0.1) is 5.82 Å². The summed E-state index contributed by atoms with van der Waals surface area (Å²) in [7, 11) is -3.59. The van der Waals surface area contributed by atoms with Crippen LogP contribution in [0.25, 0.3) is 0 Å². The quantitative estimate of drug-likeness (QED) is 0.475. The van der Waals surface area contributed by atoms with Crippen LogP contribution in [-0.4, -0.2) is 37.7 Å². The monoisotopic (exact) mass is 469 g/mol. The van der Waals surface area contributed by atoms with Crippen LogP contribution in [0.1, 0.15) is 28.5 Å². The Kier molecular flexibility index (Phi) is 8.02. The molecule has 33 heavy (non-hydrogen) atoms. The Morgan fingerprint density at radius 1 is 1.00 bits per heavy atom. The van der Waals surface area contributed by atoms with Crippen LogP contribution in [-0.2, 0) is 27.7 Å². The van der Waals surface area contributed by atoms with Gasteiger partial charge in [-0.25, -0.2) is 17.5 Å². The lowest BCUT2D eigenvalue weighted by Gasteiger charge is -2.18. The van der Waals surface area contributed by atoms with Gasteiger partial charge in [0.1, 0.15) is 5.82 Å². The number of sulfonamides is 1. The van der Waals surface area contributed by atoms with Crippen molar-refractivity contribution in [2.24, 2.45) is 0 Å². The van der Waals surface area contributed by atoms with E-state index in [1.54, 1.807) is 43.5 Å². The SMILES string of the molecule is CCNS(=O)(=O)c1ccc(CC(=O)[C@H](Cc2ccccn2)NC(=O)c2ccc(F)cc2)cc1. The molecule has 0 bridgehead atoms. The summed E-state index contributed by atoms with van der Waals surface area (Å²) in [6.45, 7) is 1.96. The zero-order valence-electron chi connectivity index (χ0n) is 18.0. The highest BCUT2D eigenvalue weighted by molar-refractivity contribution is 7.89. The molecule has 0 aliphatic carbocycles. The fourth-order valence-electron chi connectivity index (χ4n) is 3.20. The number of nitrogens with zero attached hydrogens (tertiary/aromatic N) is 1. The van der Waals surface area contributed by atoms with Gasteiger partial charge in [-0.1, -0.05) is 25.1 Å². The summed E-state index contributed by atoms with van der Waals surface area (Å²) in [6, 6.07) is 15.5. The van der Waals surface area contributed by atoms with Gasteiger partial charge in [0.15, 0.2) is 5.78 Å². The molecular formula is C24H24FN3O4S. The lowest BCUT2D eigenvalue weighted by molar-refractivity contribution is -0.120. The fraction of sp³-hybridized carbons (Fsp3) is 0.208. The number of Topliss-reactive ketones (excluding diaryl/α,β-unsaturated/α-hetero) is 1.